The summed E-state index contributed by atoms with van der Waals surface area (Å²) < 4.78 is 2.29. The topological polar surface area (TPSA) is 58.4 Å². The van der Waals surface area contributed by atoms with Crippen molar-refractivity contribution in [3.05, 3.63) is 18.2 Å². The Labute approximate surface area is 114 Å². The van der Waals surface area contributed by atoms with Crippen molar-refractivity contribution in [2.45, 2.75) is 45.1 Å². The zero-order valence-electron chi connectivity index (χ0n) is 11.6. The standard InChI is InChI=1S/C14H23N3O2/c1-2-13-15-7-10-17(13)12-5-3-8-16(11-12)9-4-6-14(18)19/h7,10,12H,2-6,8-9,11H2,1H3,(H,18,19). The van der Waals surface area contributed by atoms with Gasteiger partial charge in [-0.1, -0.05) is 6.92 Å². The van der Waals surface area contributed by atoms with E-state index in [0.717, 1.165) is 38.3 Å². The summed E-state index contributed by atoms with van der Waals surface area (Å²) in [5.41, 5.74) is 0. The second-order valence-electron chi connectivity index (χ2n) is 5.20. The molecule has 2 rings (SSSR count). The molecule has 1 N–H and O–H groups in total. The number of rotatable bonds is 6. The molecule has 0 radical (unpaired) electrons. The maximum atomic E-state index is 10.5. The van der Waals surface area contributed by atoms with E-state index >= 15 is 0 Å². The molecule has 1 unspecified atom stereocenters. The van der Waals surface area contributed by atoms with E-state index in [1.165, 1.54) is 12.8 Å². The van der Waals surface area contributed by atoms with Gasteiger partial charge in [-0.15, -0.1) is 0 Å². The monoisotopic (exact) mass is 265 g/mol. The smallest absolute Gasteiger partial charge is 0.303 e. The summed E-state index contributed by atoms with van der Waals surface area (Å²) in [5, 5.41) is 8.68. The van der Waals surface area contributed by atoms with Gasteiger partial charge in [-0.3, -0.25) is 4.79 Å². The average Bonchev–Trinajstić information content (AvgIpc) is 2.87. The van der Waals surface area contributed by atoms with E-state index in [-0.39, 0.29) is 6.42 Å². The first-order valence-electron chi connectivity index (χ1n) is 7.16. The predicted octanol–water partition coefficient (Wildman–Crippen LogP) is 1.95. The molecule has 5 heteroatoms. The molecule has 19 heavy (non-hydrogen) atoms. The first kappa shape index (κ1) is 14.1. The van der Waals surface area contributed by atoms with E-state index in [4.69, 9.17) is 5.11 Å². The van der Waals surface area contributed by atoms with E-state index in [1.54, 1.807) is 0 Å². The van der Waals surface area contributed by atoms with Gasteiger partial charge in [-0.2, -0.15) is 0 Å². The van der Waals surface area contributed by atoms with Crippen molar-refractivity contribution < 1.29 is 9.90 Å². The maximum absolute atomic E-state index is 10.5. The number of carboxylic acids is 1. The van der Waals surface area contributed by atoms with Crippen LogP contribution in [-0.2, 0) is 11.2 Å². The van der Waals surface area contributed by atoms with Crippen LogP contribution in [0.2, 0.25) is 0 Å². The van der Waals surface area contributed by atoms with Crippen LogP contribution < -0.4 is 0 Å². The highest BCUT2D eigenvalue weighted by Gasteiger charge is 2.22. The molecule has 1 aliphatic heterocycles. The van der Waals surface area contributed by atoms with E-state index in [1.807, 2.05) is 6.20 Å². The molecule has 1 atom stereocenters. The van der Waals surface area contributed by atoms with Crippen molar-refractivity contribution in [3.8, 4) is 0 Å². The third-order valence-electron chi connectivity index (χ3n) is 3.80. The summed E-state index contributed by atoms with van der Waals surface area (Å²) >= 11 is 0. The molecule has 1 aliphatic rings. The zero-order chi connectivity index (χ0) is 13.7. The number of carbonyl (C=O) groups is 1. The minimum Gasteiger partial charge on any atom is -0.481 e. The number of nitrogens with zero attached hydrogens (tertiary/aromatic N) is 3. The van der Waals surface area contributed by atoms with Crippen molar-refractivity contribution in [2.24, 2.45) is 0 Å². The molecule has 0 aromatic carbocycles. The second kappa shape index (κ2) is 6.70. The highest BCUT2D eigenvalue weighted by molar-refractivity contribution is 5.66. The fraction of sp³-hybridized carbons (Fsp3) is 0.714. The lowest BCUT2D eigenvalue weighted by atomic mass is 10.0. The van der Waals surface area contributed by atoms with Crippen LogP contribution in [0, 0.1) is 0 Å². The molecule has 0 saturated carbocycles. The van der Waals surface area contributed by atoms with Gasteiger partial charge in [-0.05, 0) is 32.4 Å². The molecular weight excluding hydrogens is 242 g/mol. The highest BCUT2D eigenvalue weighted by atomic mass is 16.4. The van der Waals surface area contributed by atoms with Crippen LogP contribution in [0.3, 0.4) is 0 Å². The van der Waals surface area contributed by atoms with Crippen molar-refractivity contribution in [3.63, 3.8) is 0 Å². The van der Waals surface area contributed by atoms with E-state index in [0.29, 0.717) is 6.04 Å². The van der Waals surface area contributed by atoms with Crippen LogP contribution in [0.1, 0.15) is 44.5 Å². The Morgan fingerprint density at radius 3 is 3.16 bits per heavy atom. The number of piperidine rings is 1. The number of likely N-dealkylation sites (tertiary alicyclic amines) is 1. The number of aromatic nitrogens is 2. The van der Waals surface area contributed by atoms with Gasteiger partial charge in [0.15, 0.2) is 0 Å². The summed E-state index contributed by atoms with van der Waals surface area (Å²) in [4.78, 5) is 17.3. The fourth-order valence-electron chi connectivity index (χ4n) is 2.87. The summed E-state index contributed by atoms with van der Waals surface area (Å²) in [6.07, 6.45) is 8.30. The summed E-state index contributed by atoms with van der Waals surface area (Å²) in [7, 11) is 0. The number of aliphatic carboxylic acids is 1. The van der Waals surface area contributed by atoms with Crippen LogP contribution in [0.25, 0.3) is 0 Å². The molecule has 5 nitrogen and oxygen atoms in total. The first-order valence-corrected chi connectivity index (χ1v) is 7.16. The van der Waals surface area contributed by atoms with E-state index in [9.17, 15) is 4.79 Å². The SMILES string of the molecule is CCc1nccn1C1CCCN(CCCC(=O)O)C1. The molecule has 0 amide bonds. The van der Waals surface area contributed by atoms with Gasteiger partial charge in [0, 0.05) is 37.8 Å². The summed E-state index contributed by atoms with van der Waals surface area (Å²) in [6.45, 7) is 5.13. The van der Waals surface area contributed by atoms with Gasteiger partial charge in [-0.25, -0.2) is 4.98 Å². The molecule has 2 heterocycles. The minimum atomic E-state index is -0.698. The number of aryl methyl sites for hydroxylation is 1. The van der Waals surface area contributed by atoms with Gasteiger partial charge in [0.25, 0.3) is 0 Å². The van der Waals surface area contributed by atoms with Gasteiger partial charge >= 0.3 is 5.97 Å². The predicted molar refractivity (Wildman–Crippen MR) is 73.2 cm³/mol. The average molecular weight is 265 g/mol. The molecule has 0 aliphatic carbocycles. The highest BCUT2D eigenvalue weighted by Crippen LogP contribution is 2.23. The molecule has 1 saturated heterocycles. The zero-order valence-corrected chi connectivity index (χ0v) is 11.6. The molecule has 0 bridgehead atoms. The third kappa shape index (κ3) is 3.80. The third-order valence-corrected chi connectivity index (χ3v) is 3.80. The number of hydrogen-bond acceptors (Lipinski definition) is 3. The van der Waals surface area contributed by atoms with Crippen LogP contribution in [0.5, 0.6) is 0 Å². The molecule has 1 aromatic rings. The van der Waals surface area contributed by atoms with Crippen molar-refractivity contribution in [1.29, 1.82) is 0 Å². The van der Waals surface area contributed by atoms with Gasteiger partial charge in [0.2, 0.25) is 0 Å². The number of imidazole rings is 1. The lowest BCUT2D eigenvalue weighted by Crippen LogP contribution is -2.37. The Morgan fingerprint density at radius 1 is 1.58 bits per heavy atom. The normalized spacial score (nSPS) is 20.6. The Morgan fingerprint density at radius 2 is 2.42 bits per heavy atom. The first-order chi connectivity index (χ1) is 9.20. The summed E-state index contributed by atoms with van der Waals surface area (Å²) in [6, 6.07) is 0.496. The van der Waals surface area contributed by atoms with Crippen LogP contribution in [-0.4, -0.2) is 45.2 Å². The Bertz CT molecular complexity index is 417. The minimum absolute atomic E-state index is 0.270. The van der Waals surface area contributed by atoms with Gasteiger partial charge < -0.3 is 14.6 Å². The summed E-state index contributed by atoms with van der Waals surface area (Å²) in [5.74, 6) is 0.453. The van der Waals surface area contributed by atoms with Crippen molar-refractivity contribution in [1.82, 2.24) is 14.5 Å². The Hall–Kier alpha value is -1.36. The van der Waals surface area contributed by atoms with E-state index in [2.05, 4.69) is 27.6 Å². The molecule has 1 fully saturated rings. The Kier molecular flexibility index (Phi) is 4.96. The largest absolute Gasteiger partial charge is 0.481 e. The fourth-order valence-corrected chi connectivity index (χ4v) is 2.87. The quantitative estimate of drug-likeness (QED) is 0.854. The molecule has 1 aromatic heterocycles. The van der Waals surface area contributed by atoms with Crippen molar-refractivity contribution in [2.75, 3.05) is 19.6 Å². The lowest BCUT2D eigenvalue weighted by molar-refractivity contribution is -0.137. The molecule has 0 spiro atoms. The van der Waals surface area contributed by atoms with Crippen molar-refractivity contribution >= 4 is 5.97 Å². The number of carboxylic acid groups (broad SMARTS) is 1. The number of hydrogen-bond donors (Lipinski definition) is 1. The van der Waals surface area contributed by atoms with E-state index < -0.39 is 5.97 Å². The van der Waals surface area contributed by atoms with Gasteiger partial charge in [0.05, 0.1) is 0 Å². The lowest BCUT2D eigenvalue weighted by Gasteiger charge is -2.34. The van der Waals surface area contributed by atoms with Crippen LogP contribution in [0.4, 0.5) is 0 Å². The van der Waals surface area contributed by atoms with Crippen LogP contribution in [0.15, 0.2) is 12.4 Å². The Balaban J connectivity index is 1.88. The maximum Gasteiger partial charge on any atom is 0.303 e. The molecular formula is C14H23N3O2. The second-order valence-corrected chi connectivity index (χ2v) is 5.20. The van der Waals surface area contributed by atoms with Crippen LogP contribution >= 0.6 is 0 Å². The molecule has 106 valence electrons. The van der Waals surface area contributed by atoms with Gasteiger partial charge in [0.1, 0.15) is 5.82 Å².